The Morgan fingerprint density at radius 2 is 1.92 bits per heavy atom. The van der Waals surface area contributed by atoms with Gasteiger partial charge in [-0.15, -0.1) is 11.8 Å². The molecule has 5 N–H and O–H groups in total. The molecule has 2 rings (SSSR count). The van der Waals surface area contributed by atoms with Gasteiger partial charge >= 0.3 is 12.3 Å². The number of halogens is 3. The van der Waals surface area contributed by atoms with E-state index in [-0.39, 0.29) is 36.0 Å². The molecule has 0 aliphatic rings. The maximum atomic E-state index is 13.1. The van der Waals surface area contributed by atoms with Crippen LogP contribution in [0, 0.1) is 11.3 Å². The minimum atomic E-state index is -4.58. The number of nitrogens with zero attached hydrogens (tertiary/aromatic N) is 3. The number of aromatic nitrogens is 2. The third-order valence-corrected chi connectivity index (χ3v) is 5.55. The van der Waals surface area contributed by atoms with Gasteiger partial charge < -0.3 is 26.4 Å². The average molecular weight is 554 g/mol. The van der Waals surface area contributed by atoms with Crippen LogP contribution in [-0.4, -0.2) is 46.4 Å². The molecule has 0 saturated carbocycles. The second kappa shape index (κ2) is 13.2. The summed E-state index contributed by atoms with van der Waals surface area (Å²) in [6, 6.07) is 5.24. The van der Waals surface area contributed by atoms with E-state index in [4.69, 9.17) is 10.5 Å². The van der Waals surface area contributed by atoms with Gasteiger partial charge in [0.1, 0.15) is 28.3 Å². The number of hydrogen-bond donors (Lipinski definition) is 4. The van der Waals surface area contributed by atoms with Gasteiger partial charge in [0.2, 0.25) is 11.9 Å². The predicted molar refractivity (Wildman–Crippen MR) is 139 cm³/mol. The Bertz CT molecular complexity index is 1180. The minimum absolute atomic E-state index is 0.0282. The van der Waals surface area contributed by atoms with Gasteiger partial charge in [-0.1, -0.05) is 6.07 Å². The van der Waals surface area contributed by atoms with Crippen molar-refractivity contribution in [1.29, 1.82) is 5.26 Å². The van der Waals surface area contributed by atoms with Crippen molar-refractivity contribution < 1.29 is 27.5 Å². The summed E-state index contributed by atoms with van der Waals surface area (Å²) >= 11 is 1.17. The maximum absolute atomic E-state index is 13.1. The molecule has 0 unspecified atom stereocenters. The summed E-state index contributed by atoms with van der Waals surface area (Å²) in [6.45, 7) is 5.49. The highest BCUT2D eigenvalue weighted by Gasteiger charge is 2.31. The number of benzene rings is 1. The van der Waals surface area contributed by atoms with Crippen LogP contribution in [0.25, 0.3) is 0 Å². The number of carbonyl (C=O) groups is 2. The first kappa shape index (κ1) is 30.5. The van der Waals surface area contributed by atoms with Gasteiger partial charge in [-0.2, -0.15) is 23.4 Å². The van der Waals surface area contributed by atoms with Gasteiger partial charge in [-0.25, -0.2) is 9.78 Å². The predicted octanol–water partition coefficient (Wildman–Crippen LogP) is 4.79. The van der Waals surface area contributed by atoms with E-state index < -0.39 is 35.4 Å². The molecular formula is C24H30F3N7O3S. The lowest BCUT2D eigenvalue weighted by Gasteiger charge is -2.21. The van der Waals surface area contributed by atoms with E-state index in [1.165, 1.54) is 23.9 Å². The zero-order valence-corrected chi connectivity index (χ0v) is 22.2. The molecule has 0 bridgehead atoms. The molecule has 1 atom stereocenters. The number of unbranched alkanes of at least 4 members (excludes halogenated alkanes) is 1. The van der Waals surface area contributed by atoms with E-state index in [1.54, 1.807) is 27.0 Å². The molecule has 14 heteroatoms. The molecule has 1 heterocycles. The first-order valence-electron chi connectivity index (χ1n) is 11.6. The van der Waals surface area contributed by atoms with Crippen molar-refractivity contribution in [2.24, 2.45) is 0 Å². The van der Waals surface area contributed by atoms with Crippen molar-refractivity contribution in [2.75, 3.05) is 29.2 Å². The Morgan fingerprint density at radius 1 is 1.21 bits per heavy atom. The van der Waals surface area contributed by atoms with Crippen molar-refractivity contribution in [3.05, 3.63) is 35.4 Å². The van der Waals surface area contributed by atoms with E-state index >= 15 is 0 Å². The average Bonchev–Trinajstić information content (AvgIpc) is 2.81. The molecule has 38 heavy (non-hydrogen) atoms. The topological polar surface area (TPSA) is 155 Å². The van der Waals surface area contributed by atoms with E-state index in [9.17, 15) is 28.0 Å². The molecule has 2 amide bonds. The van der Waals surface area contributed by atoms with Gasteiger partial charge in [0, 0.05) is 12.2 Å². The van der Waals surface area contributed by atoms with Crippen molar-refractivity contribution in [3.8, 4) is 6.07 Å². The molecule has 0 spiro atoms. The van der Waals surface area contributed by atoms with E-state index in [2.05, 4.69) is 25.9 Å². The number of nitrogen functional groups attached to an aromatic ring is 1. The summed E-state index contributed by atoms with van der Waals surface area (Å²) in [4.78, 5) is 33.0. The van der Waals surface area contributed by atoms with Crippen LogP contribution >= 0.6 is 11.8 Å². The molecule has 10 nitrogen and oxygen atoms in total. The third kappa shape index (κ3) is 9.62. The van der Waals surface area contributed by atoms with Crippen molar-refractivity contribution >= 4 is 41.2 Å². The van der Waals surface area contributed by atoms with Crippen molar-refractivity contribution in [1.82, 2.24) is 15.3 Å². The standard InChI is InChI=1S/C24H30F3N7O3S/c1-23(2,3)37-22(36)30-11-6-5-10-17(32-18-16(13-28)20(38-4)34-21(29)33-18)19(35)31-15-9-7-8-14(12-15)24(25,26)27/h7-9,12,17H,5-6,10-11H2,1-4H3,(H,30,36)(H,31,35)(H3,29,32,33,34)/t17-/m0/s1. The summed E-state index contributed by atoms with van der Waals surface area (Å²) in [5.74, 6) is -0.730. The number of nitrogens with one attached hydrogen (secondary N) is 3. The third-order valence-electron chi connectivity index (χ3n) is 4.87. The lowest BCUT2D eigenvalue weighted by atomic mass is 10.1. The zero-order valence-electron chi connectivity index (χ0n) is 21.4. The zero-order chi connectivity index (χ0) is 28.5. The first-order valence-corrected chi connectivity index (χ1v) is 12.8. The number of alkyl carbamates (subject to hydrolysis) is 1. The smallest absolute Gasteiger partial charge is 0.416 e. The number of carbonyl (C=O) groups excluding carboxylic acids is 2. The molecule has 206 valence electrons. The van der Waals surface area contributed by atoms with Gasteiger partial charge in [-0.05, 0) is 64.5 Å². The van der Waals surface area contributed by atoms with E-state index in [0.29, 0.717) is 17.9 Å². The van der Waals surface area contributed by atoms with E-state index in [1.807, 2.05) is 6.07 Å². The van der Waals surface area contributed by atoms with E-state index in [0.717, 1.165) is 12.1 Å². The Morgan fingerprint density at radius 3 is 2.53 bits per heavy atom. The largest absolute Gasteiger partial charge is 0.444 e. The molecular weight excluding hydrogens is 523 g/mol. The first-order chi connectivity index (χ1) is 17.7. The highest BCUT2D eigenvalue weighted by molar-refractivity contribution is 7.98. The van der Waals surface area contributed by atoms with Crippen LogP contribution in [0.2, 0.25) is 0 Å². The Labute approximate surface area is 222 Å². The quantitative estimate of drug-likeness (QED) is 0.185. The van der Waals surface area contributed by atoms with Gasteiger partial charge in [0.15, 0.2) is 5.82 Å². The lowest BCUT2D eigenvalue weighted by molar-refractivity contribution is -0.137. The van der Waals surface area contributed by atoms with Crippen LogP contribution in [0.4, 0.5) is 35.4 Å². The second-order valence-electron chi connectivity index (χ2n) is 9.12. The van der Waals surface area contributed by atoms with Crippen molar-refractivity contribution in [3.63, 3.8) is 0 Å². The molecule has 0 fully saturated rings. The second-order valence-corrected chi connectivity index (χ2v) is 9.91. The molecule has 0 aliphatic carbocycles. The number of nitriles is 1. The molecule has 0 aliphatic heterocycles. The summed E-state index contributed by atoms with van der Waals surface area (Å²) in [5.41, 5.74) is 4.24. The SMILES string of the molecule is CSc1nc(N)nc(N[C@@H](CCCCNC(=O)OC(C)(C)C)C(=O)Nc2cccc(C(F)(F)F)c2)c1C#N. The molecule has 1 aromatic heterocycles. The summed E-state index contributed by atoms with van der Waals surface area (Å²) in [6.07, 6.45) is -2.35. The fourth-order valence-electron chi connectivity index (χ4n) is 3.22. The molecule has 1 aromatic carbocycles. The van der Waals surface area contributed by atoms with Gasteiger partial charge in [-0.3, -0.25) is 4.79 Å². The van der Waals surface area contributed by atoms with Crippen LogP contribution in [0.5, 0.6) is 0 Å². The fraction of sp³-hybridized carbons (Fsp3) is 0.458. The van der Waals surface area contributed by atoms with Gasteiger partial charge in [0.25, 0.3) is 0 Å². The molecule has 2 aromatic rings. The Balaban J connectivity index is 2.18. The number of anilines is 3. The summed E-state index contributed by atoms with van der Waals surface area (Å²) in [5, 5.41) is 17.9. The fourth-order valence-corrected chi connectivity index (χ4v) is 3.76. The highest BCUT2D eigenvalue weighted by Crippen LogP contribution is 2.31. The normalized spacial score (nSPS) is 12.3. The van der Waals surface area contributed by atoms with Crippen LogP contribution in [0.1, 0.15) is 51.2 Å². The molecule has 0 radical (unpaired) electrons. The minimum Gasteiger partial charge on any atom is -0.444 e. The highest BCUT2D eigenvalue weighted by atomic mass is 32.2. The summed E-state index contributed by atoms with van der Waals surface area (Å²) in [7, 11) is 0. The van der Waals surface area contributed by atoms with Crippen LogP contribution < -0.4 is 21.7 Å². The number of alkyl halides is 3. The maximum Gasteiger partial charge on any atom is 0.416 e. The number of ether oxygens (including phenoxy) is 1. The Hall–Kier alpha value is -3.73. The summed E-state index contributed by atoms with van der Waals surface area (Å²) < 4.78 is 44.5. The number of thioether (sulfide) groups is 1. The lowest BCUT2D eigenvalue weighted by Crippen LogP contribution is -2.36. The van der Waals surface area contributed by atoms with Crippen LogP contribution in [0.3, 0.4) is 0 Å². The number of rotatable bonds is 10. The number of amides is 2. The Kier molecular flexibility index (Phi) is 10.6. The monoisotopic (exact) mass is 553 g/mol. The number of nitrogens with two attached hydrogens (primary N) is 1. The number of hydrogen-bond acceptors (Lipinski definition) is 9. The van der Waals surface area contributed by atoms with Crippen molar-refractivity contribution in [2.45, 2.75) is 62.9 Å². The van der Waals surface area contributed by atoms with Crippen LogP contribution in [-0.2, 0) is 15.7 Å². The van der Waals surface area contributed by atoms with Gasteiger partial charge in [0.05, 0.1) is 5.56 Å². The van der Waals surface area contributed by atoms with Crippen LogP contribution in [0.15, 0.2) is 29.3 Å². The molecule has 0 saturated heterocycles.